The lowest BCUT2D eigenvalue weighted by Crippen LogP contribution is -2.41. The Balaban J connectivity index is 2.38. The van der Waals surface area contributed by atoms with Crippen LogP contribution in [0.1, 0.15) is 19.6 Å². The van der Waals surface area contributed by atoms with Gasteiger partial charge < -0.3 is 15.1 Å². The van der Waals surface area contributed by atoms with Gasteiger partial charge in [0.25, 0.3) is 0 Å². The Bertz CT molecular complexity index is 361. The lowest BCUT2D eigenvalue weighted by molar-refractivity contribution is -0.128. The number of hydrogen-bond donors (Lipinski definition) is 2. The van der Waals surface area contributed by atoms with Crippen molar-refractivity contribution in [3.8, 4) is 0 Å². The third-order valence-electron chi connectivity index (χ3n) is 2.34. The number of furan rings is 1. The number of carbonyl (C=O) groups excluding carboxylic acids is 1. The second-order valence-corrected chi connectivity index (χ2v) is 5.34. The Kier molecular flexibility index (Phi) is 4.79. The van der Waals surface area contributed by atoms with E-state index in [0.717, 1.165) is 9.53 Å². The van der Waals surface area contributed by atoms with Crippen molar-refractivity contribution < 1.29 is 9.21 Å². The quantitative estimate of drug-likeness (QED) is 0.806. The van der Waals surface area contributed by atoms with Gasteiger partial charge in [-0.05, 0) is 48.6 Å². The molecule has 0 aliphatic heterocycles. The van der Waals surface area contributed by atoms with E-state index in [0.29, 0.717) is 13.1 Å². The van der Waals surface area contributed by atoms with Crippen LogP contribution in [0.3, 0.4) is 0 Å². The second-order valence-electron chi connectivity index (χ2n) is 4.27. The fraction of sp³-hybridized carbons (Fsp3) is 0.545. The van der Waals surface area contributed by atoms with Gasteiger partial charge in [0.05, 0.1) is 12.0 Å². The van der Waals surface area contributed by atoms with E-state index >= 15 is 0 Å². The lowest BCUT2D eigenvalue weighted by atomic mass is 9.92. The van der Waals surface area contributed by atoms with Gasteiger partial charge in [-0.15, -0.1) is 0 Å². The number of hydrogen-bond acceptors (Lipinski definition) is 3. The normalized spacial score (nSPS) is 11.5. The molecule has 0 bridgehead atoms. The number of rotatable bonds is 5. The second kappa shape index (κ2) is 5.67. The molecule has 0 aliphatic rings. The fourth-order valence-corrected chi connectivity index (χ4v) is 1.83. The first kappa shape index (κ1) is 13.5. The molecule has 1 heterocycles. The van der Waals surface area contributed by atoms with Crippen LogP contribution < -0.4 is 10.6 Å². The van der Waals surface area contributed by atoms with Crippen LogP contribution in [0.5, 0.6) is 0 Å². The molecule has 1 rings (SSSR count). The van der Waals surface area contributed by atoms with Gasteiger partial charge in [-0.2, -0.15) is 0 Å². The molecule has 0 spiro atoms. The topological polar surface area (TPSA) is 54.3 Å². The monoisotopic (exact) mass is 336 g/mol. The minimum absolute atomic E-state index is 0.0361. The van der Waals surface area contributed by atoms with Crippen molar-refractivity contribution in [3.63, 3.8) is 0 Å². The van der Waals surface area contributed by atoms with Gasteiger partial charge in [-0.1, -0.05) is 0 Å². The maximum Gasteiger partial charge on any atom is 0.226 e. The summed E-state index contributed by atoms with van der Waals surface area (Å²) in [5.41, 5.74) is -0.408. The highest BCUT2D eigenvalue weighted by Crippen LogP contribution is 2.14. The Morgan fingerprint density at radius 2 is 2.19 bits per heavy atom. The minimum atomic E-state index is -0.408. The summed E-state index contributed by atoms with van der Waals surface area (Å²) in [7, 11) is 1.65. The molecule has 90 valence electrons. The average Bonchev–Trinajstić information content (AvgIpc) is 2.62. The van der Waals surface area contributed by atoms with Gasteiger partial charge in [-0.3, -0.25) is 4.79 Å². The molecule has 0 atom stereocenters. The third kappa shape index (κ3) is 3.79. The summed E-state index contributed by atoms with van der Waals surface area (Å²) in [5, 5.41) is 5.87. The number of halogens is 1. The standard InChI is InChI=1S/C11H17IN2O2/c1-11(2,10(15)13-3)7-14-6-8-4-5-9(12)16-8/h4-5,14H,6-7H2,1-3H3,(H,13,15). The van der Waals surface area contributed by atoms with Crippen molar-refractivity contribution in [2.45, 2.75) is 20.4 Å². The van der Waals surface area contributed by atoms with Crippen LogP contribution in [-0.2, 0) is 11.3 Å². The fourth-order valence-electron chi connectivity index (χ4n) is 1.36. The van der Waals surface area contributed by atoms with Crippen LogP contribution in [0, 0.1) is 9.18 Å². The SMILES string of the molecule is CNC(=O)C(C)(C)CNCc1ccc(I)o1. The summed E-state index contributed by atoms with van der Waals surface area (Å²) < 4.78 is 6.28. The van der Waals surface area contributed by atoms with E-state index in [4.69, 9.17) is 4.42 Å². The lowest BCUT2D eigenvalue weighted by Gasteiger charge is -2.22. The molecule has 4 nitrogen and oxygen atoms in total. The van der Waals surface area contributed by atoms with Crippen LogP contribution >= 0.6 is 22.6 Å². The highest BCUT2D eigenvalue weighted by Gasteiger charge is 2.25. The van der Waals surface area contributed by atoms with Crippen LogP contribution in [0.25, 0.3) is 0 Å². The summed E-state index contributed by atoms with van der Waals surface area (Å²) in [5.74, 6) is 0.922. The highest BCUT2D eigenvalue weighted by atomic mass is 127. The van der Waals surface area contributed by atoms with E-state index in [1.54, 1.807) is 7.05 Å². The molecule has 1 amide bonds. The van der Waals surface area contributed by atoms with E-state index in [2.05, 4.69) is 33.2 Å². The Hall–Kier alpha value is -0.560. The van der Waals surface area contributed by atoms with Crippen molar-refractivity contribution in [1.29, 1.82) is 0 Å². The van der Waals surface area contributed by atoms with Gasteiger partial charge in [0.2, 0.25) is 5.91 Å². The number of nitrogens with one attached hydrogen (secondary N) is 2. The molecule has 0 saturated carbocycles. The van der Waals surface area contributed by atoms with Crippen molar-refractivity contribution in [1.82, 2.24) is 10.6 Å². The van der Waals surface area contributed by atoms with Gasteiger partial charge in [0.1, 0.15) is 5.76 Å². The molecule has 16 heavy (non-hydrogen) atoms. The predicted octanol–water partition coefficient (Wildman–Crippen LogP) is 1.75. The largest absolute Gasteiger partial charge is 0.454 e. The molecule has 0 unspecified atom stereocenters. The van der Waals surface area contributed by atoms with Crippen molar-refractivity contribution >= 4 is 28.5 Å². The van der Waals surface area contributed by atoms with E-state index in [1.165, 1.54) is 0 Å². The van der Waals surface area contributed by atoms with Crippen molar-refractivity contribution in [3.05, 3.63) is 21.7 Å². The van der Waals surface area contributed by atoms with Crippen LogP contribution in [0.4, 0.5) is 0 Å². The zero-order valence-electron chi connectivity index (χ0n) is 9.76. The average molecular weight is 336 g/mol. The number of amides is 1. The van der Waals surface area contributed by atoms with E-state index < -0.39 is 5.41 Å². The molecule has 0 radical (unpaired) electrons. The van der Waals surface area contributed by atoms with Crippen LogP contribution in [0.2, 0.25) is 0 Å². The Labute approximate surface area is 109 Å². The zero-order chi connectivity index (χ0) is 12.2. The van der Waals surface area contributed by atoms with Gasteiger partial charge >= 0.3 is 0 Å². The van der Waals surface area contributed by atoms with Gasteiger partial charge in [0, 0.05) is 13.6 Å². The van der Waals surface area contributed by atoms with Crippen molar-refractivity contribution in [2.24, 2.45) is 5.41 Å². The van der Waals surface area contributed by atoms with E-state index in [-0.39, 0.29) is 5.91 Å². The van der Waals surface area contributed by atoms with Gasteiger partial charge in [-0.25, -0.2) is 0 Å². The van der Waals surface area contributed by atoms with Gasteiger partial charge in [0.15, 0.2) is 3.77 Å². The zero-order valence-corrected chi connectivity index (χ0v) is 11.9. The van der Waals surface area contributed by atoms with Crippen LogP contribution in [0.15, 0.2) is 16.5 Å². The Morgan fingerprint density at radius 1 is 1.50 bits per heavy atom. The molecule has 0 saturated heterocycles. The molecule has 0 aliphatic carbocycles. The molecule has 0 aromatic carbocycles. The first-order valence-corrected chi connectivity index (χ1v) is 6.21. The summed E-state index contributed by atoms with van der Waals surface area (Å²) >= 11 is 2.13. The van der Waals surface area contributed by atoms with Crippen molar-refractivity contribution in [2.75, 3.05) is 13.6 Å². The summed E-state index contributed by atoms with van der Waals surface area (Å²) in [6.07, 6.45) is 0. The number of carbonyl (C=O) groups is 1. The Morgan fingerprint density at radius 3 is 2.69 bits per heavy atom. The molecule has 1 aromatic heterocycles. The molecule has 2 N–H and O–H groups in total. The third-order valence-corrected chi connectivity index (χ3v) is 2.92. The molecule has 0 fully saturated rings. The molecular weight excluding hydrogens is 319 g/mol. The maximum atomic E-state index is 11.5. The maximum absolute atomic E-state index is 11.5. The molecular formula is C11H17IN2O2. The van der Waals surface area contributed by atoms with E-state index in [1.807, 2.05) is 26.0 Å². The van der Waals surface area contributed by atoms with E-state index in [9.17, 15) is 4.79 Å². The predicted molar refractivity (Wildman–Crippen MR) is 71.0 cm³/mol. The highest BCUT2D eigenvalue weighted by molar-refractivity contribution is 14.1. The molecule has 5 heteroatoms. The molecule has 1 aromatic rings. The smallest absolute Gasteiger partial charge is 0.226 e. The first-order chi connectivity index (χ1) is 7.45. The minimum Gasteiger partial charge on any atom is -0.454 e. The summed E-state index contributed by atoms with van der Waals surface area (Å²) in [6.45, 7) is 5.07. The summed E-state index contributed by atoms with van der Waals surface area (Å²) in [4.78, 5) is 11.5. The first-order valence-electron chi connectivity index (χ1n) is 5.13. The van der Waals surface area contributed by atoms with Crippen LogP contribution in [-0.4, -0.2) is 19.5 Å². The summed E-state index contributed by atoms with van der Waals surface area (Å²) in [6, 6.07) is 3.85.